The maximum Gasteiger partial charge on any atom is 0.412 e. The Kier molecular flexibility index (Phi) is 4.78. The predicted octanol–water partition coefficient (Wildman–Crippen LogP) is 3.31. The smallest absolute Gasteiger partial charge is 0.412 e. The first-order chi connectivity index (χ1) is 10.2. The highest BCUT2D eigenvalue weighted by Gasteiger charge is 2.32. The van der Waals surface area contributed by atoms with Crippen LogP contribution in [0.4, 0.5) is 10.5 Å². The van der Waals surface area contributed by atoms with Crippen LogP contribution in [0.15, 0.2) is 18.2 Å². The van der Waals surface area contributed by atoms with Gasteiger partial charge in [-0.2, -0.15) is 0 Å². The van der Waals surface area contributed by atoms with Crippen molar-refractivity contribution in [3.63, 3.8) is 0 Å². The third-order valence-electron chi connectivity index (χ3n) is 3.89. The van der Waals surface area contributed by atoms with Crippen LogP contribution >= 0.6 is 0 Å². The van der Waals surface area contributed by atoms with E-state index in [0.29, 0.717) is 13.2 Å². The van der Waals surface area contributed by atoms with Crippen LogP contribution in [0.25, 0.3) is 0 Å². The summed E-state index contributed by atoms with van der Waals surface area (Å²) < 4.78 is 10.7. The van der Waals surface area contributed by atoms with Crippen molar-refractivity contribution in [1.29, 1.82) is 0 Å². The normalized spacial score (nSPS) is 17.9. The third-order valence-corrected chi connectivity index (χ3v) is 3.89. The van der Waals surface area contributed by atoms with Gasteiger partial charge in [-0.1, -0.05) is 12.1 Å². The molecule has 1 aliphatic heterocycles. The van der Waals surface area contributed by atoms with E-state index in [2.05, 4.69) is 5.32 Å². The minimum Gasteiger partial charge on any atom is -0.444 e. The predicted molar refractivity (Wildman–Crippen MR) is 87.0 cm³/mol. The first-order valence-corrected chi connectivity index (χ1v) is 7.68. The summed E-state index contributed by atoms with van der Waals surface area (Å²) >= 11 is 0. The highest BCUT2D eigenvalue weighted by atomic mass is 16.6. The van der Waals surface area contributed by atoms with Crippen molar-refractivity contribution in [2.75, 3.05) is 18.5 Å². The quantitative estimate of drug-likeness (QED) is 0.879. The van der Waals surface area contributed by atoms with E-state index in [4.69, 9.17) is 15.2 Å². The van der Waals surface area contributed by atoms with E-state index in [1.54, 1.807) is 0 Å². The van der Waals surface area contributed by atoms with Gasteiger partial charge < -0.3 is 15.2 Å². The number of anilines is 1. The fraction of sp³-hybridized carbons (Fsp3) is 0.588. The van der Waals surface area contributed by atoms with Gasteiger partial charge in [0, 0.05) is 24.4 Å². The van der Waals surface area contributed by atoms with Crippen molar-refractivity contribution >= 4 is 11.8 Å². The highest BCUT2D eigenvalue weighted by molar-refractivity contribution is 5.86. The standard InChI is InChI=1S/C17H26N2O3/c1-12-13(17(18)8-10-21-11-9-17)6-5-7-14(12)19-15(20)22-16(2,3)4/h5-7H,8-11,18H2,1-4H3,(H,19,20). The monoisotopic (exact) mass is 306 g/mol. The molecule has 0 bridgehead atoms. The van der Waals surface area contributed by atoms with Gasteiger partial charge in [-0.05, 0) is 57.7 Å². The van der Waals surface area contributed by atoms with Crippen LogP contribution in [0, 0.1) is 6.92 Å². The summed E-state index contributed by atoms with van der Waals surface area (Å²) in [6.45, 7) is 8.83. The van der Waals surface area contributed by atoms with E-state index in [-0.39, 0.29) is 0 Å². The first-order valence-electron chi connectivity index (χ1n) is 7.68. The van der Waals surface area contributed by atoms with Gasteiger partial charge in [0.25, 0.3) is 0 Å². The van der Waals surface area contributed by atoms with Crippen LogP contribution in [-0.2, 0) is 15.0 Å². The molecule has 0 spiro atoms. The van der Waals surface area contributed by atoms with E-state index >= 15 is 0 Å². The molecule has 1 aromatic rings. The minimum atomic E-state index is -0.522. The minimum absolute atomic E-state index is 0.395. The van der Waals surface area contributed by atoms with Crippen LogP contribution in [0.3, 0.4) is 0 Å². The Morgan fingerprint density at radius 2 is 1.95 bits per heavy atom. The summed E-state index contributed by atoms with van der Waals surface area (Å²) in [7, 11) is 0. The number of amides is 1. The van der Waals surface area contributed by atoms with Gasteiger partial charge in [0.05, 0.1) is 0 Å². The molecular formula is C17H26N2O3. The molecule has 5 nitrogen and oxygen atoms in total. The van der Waals surface area contributed by atoms with Crippen LogP contribution < -0.4 is 11.1 Å². The summed E-state index contributed by atoms with van der Waals surface area (Å²) in [4.78, 5) is 12.0. The summed E-state index contributed by atoms with van der Waals surface area (Å²) in [5.41, 5.74) is 8.42. The van der Waals surface area contributed by atoms with Crippen LogP contribution in [0.1, 0.15) is 44.7 Å². The van der Waals surface area contributed by atoms with E-state index in [1.165, 1.54) is 0 Å². The average molecular weight is 306 g/mol. The molecule has 1 fully saturated rings. The Balaban J connectivity index is 2.21. The lowest BCUT2D eigenvalue weighted by Crippen LogP contribution is -2.42. The topological polar surface area (TPSA) is 73.6 Å². The molecule has 2 rings (SSSR count). The molecule has 0 atom stereocenters. The Hall–Kier alpha value is -1.59. The van der Waals surface area contributed by atoms with Crippen molar-refractivity contribution in [3.05, 3.63) is 29.3 Å². The summed E-state index contributed by atoms with van der Waals surface area (Å²) in [5, 5.41) is 2.82. The number of carbonyl (C=O) groups excluding carboxylic acids is 1. The molecule has 0 aliphatic carbocycles. The highest BCUT2D eigenvalue weighted by Crippen LogP contribution is 2.34. The van der Waals surface area contributed by atoms with E-state index in [0.717, 1.165) is 29.7 Å². The molecule has 1 aliphatic rings. The first kappa shape index (κ1) is 16.8. The maximum absolute atomic E-state index is 12.0. The number of nitrogens with one attached hydrogen (secondary N) is 1. The lowest BCUT2D eigenvalue weighted by molar-refractivity contribution is 0.0520. The SMILES string of the molecule is Cc1c(NC(=O)OC(C)(C)C)cccc1C1(N)CCOCC1. The lowest BCUT2D eigenvalue weighted by atomic mass is 9.81. The van der Waals surface area contributed by atoms with E-state index in [9.17, 15) is 4.79 Å². The molecule has 1 saturated heterocycles. The number of rotatable bonds is 2. The molecule has 0 saturated carbocycles. The van der Waals surface area contributed by atoms with Crippen LogP contribution in [0.2, 0.25) is 0 Å². The van der Waals surface area contributed by atoms with E-state index < -0.39 is 17.2 Å². The molecule has 1 aromatic carbocycles. The molecule has 0 aromatic heterocycles. The fourth-order valence-corrected chi connectivity index (χ4v) is 2.73. The van der Waals surface area contributed by atoms with Gasteiger partial charge in [-0.25, -0.2) is 4.79 Å². The van der Waals surface area contributed by atoms with Gasteiger partial charge >= 0.3 is 6.09 Å². The zero-order chi connectivity index (χ0) is 16.4. The largest absolute Gasteiger partial charge is 0.444 e. The lowest BCUT2D eigenvalue weighted by Gasteiger charge is -2.35. The second kappa shape index (κ2) is 6.26. The summed E-state index contributed by atoms with van der Waals surface area (Å²) in [6, 6.07) is 5.81. The van der Waals surface area contributed by atoms with Crippen molar-refractivity contribution in [1.82, 2.24) is 0 Å². The number of benzene rings is 1. The molecule has 122 valence electrons. The zero-order valence-corrected chi connectivity index (χ0v) is 13.9. The number of hydrogen-bond acceptors (Lipinski definition) is 4. The van der Waals surface area contributed by atoms with Gasteiger partial charge in [0.15, 0.2) is 0 Å². The molecule has 5 heteroatoms. The second-order valence-corrected chi connectivity index (χ2v) is 6.87. The van der Waals surface area contributed by atoms with Gasteiger partial charge in [0.2, 0.25) is 0 Å². The van der Waals surface area contributed by atoms with Crippen molar-refractivity contribution < 1.29 is 14.3 Å². The molecule has 22 heavy (non-hydrogen) atoms. The molecule has 3 N–H and O–H groups in total. The van der Waals surface area contributed by atoms with Gasteiger partial charge in [-0.15, -0.1) is 0 Å². The Labute approximate surface area is 132 Å². The second-order valence-electron chi connectivity index (χ2n) is 6.87. The Morgan fingerprint density at radius 1 is 1.32 bits per heavy atom. The maximum atomic E-state index is 12.0. The number of ether oxygens (including phenoxy) is 2. The zero-order valence-electron chi connectivity index (χ0n) is 13.9. The molecule has 0 unspecified atom stereocenters. The van der Waals surface area contributed by atoms with Crippen LogP contribution in [0.5, 0.6) is 0 Å². The summed E-state index contributed by atoms with van der Waals surface area (Å²) in [5.74, 6) is 0. The van der Waals surface area contributed by atoms with E-state index in [1.807, 2.05) is 45.9 Å². The summed E-state index contributed by atoms with van der Waals surface area (Å²) in [6.07, 6.45) is 1.11. The third kappa shape index (κ3) is 3.99. The molecular weight excluding hydrogens is 280 g/mol. The number of hydrogen-bond donors (Lipinski definition) is 2. The van der Waals surface area contributed by atoms with Crippen LogP contribution in [-0.4, -0.2) is 24.9 Å². The number of nitrogens with two attached hydrogens (primary N) is 1. The average Bonchev–Trinajstić information content (AvgIpc) is 2.39. The number of carbonyl (C=O) groups is 1. The fourth-order valence-electron chi connectivity index (χ4n) is 2.73. The van der Waals surface area contributed by atoms with Crippen molar-refractivity contribution in [2.45, 2.75) is 51.7 Å². The Morgan fingerprint density at radius 3 is 2.55 bits per heavy atom. The van der Waals surface area contributed by atoms with Gasteiger partial charge in [-0.3, -0.25) is 5.32 Å². The van der Waals surface area contributed by atoms with Crippen molar-refractivity contribution in [3.8, 4) is 0 Å². The van der Waals surface area contributed by atoms with Crippen molar-refractivity contribution in [2.24, 2.45) is 5.73 Å². The van der Waals surface area contributed by atoms with Gasteiger partial charge in [0.1, 0.15) is 5.60 Å². The molecule has 1 heterocycles. The molecule has 1 amide bonds. The Bertz CT molecular complexity index is 543. The molecule has 0 radical (unpaired) electrons.